The number of benzene rings is 2. The fourth-order valence-electron chi connectivity index (χ4n) is 21.6. The number of hydrogen-bond donors (Lipinski definition) is 7. The third-order valence-electron chi connectivity index (χ3n) is 24.4. The van der Waals surface area contributed by atoms with E-state index in [0.717, 1.165) is 125 Å². The molecule has 0 radical (unpaired) electrons. The Bertz CT molecular complexity index is 2560. The minimum absolute atomic E-state index is 0.0320. The summed E-state index contributed by atoms with van der Waals surface area (Å²) in [6.45, 7) is 12.9. The number of fused-ring (bicyclic) bond motifs is 2. The number of nitrogen functional groups attached to an aromatic ring is 1. The van der Waals surface area contributed by atoms with Crippen LogP contribution in [0.1, 0.15) is 185 Å². The van der Waals surface area contributed by atoms with Crippen LogP contribution < -0.4 is 16.4 Å². The molecular formula is C64H91N3O7. The third kappa shape index (κ3) is 7.71. The highest BCUT2D eigenvalue weighted by atomic mass is 16.6. The van der Waals surface area contributed by atoms with Gasteiger partial charge in [-0.05, 0) is 234 Å². The fourth-order valence-corrected chi connectivity index (χ4v) is 21.6. The van der Waals surface area contributed by atoms with Gasteiger partial charge in [0.2, 0.25) is 0 Å². The van der Waals surface area contributed by atoms with E-state index in [-0.39, 0.29) is 82.7 Å². The van der Waals surface area contributed by atoms with E-state index in [4.69, 9.17) is 10.5 Å². The number of carbonyl (C=O) groups is 2. The minimum atomic E-state index is -0.884. The van der Waals surface area contributed by atoms with Gasteiger partial charge in [0.05, 0.1) is 17.3 Å². The van der Waals surface area contributed by atoms with Crippen LogP contribution in [0, 0.1) is 74.9 Å². The predicted molar refractivity (Wildman–Crippen MR) is 289 cm³/mol. The Balaban J connectivity index is 0.982. The molecule has 1 spiro atoms. The van der Waals surface area contributed by atoms with E-state index in [1.165, 1.54) is 11.1 Å². The molecule has 0 aromatic heterocycles. The van der Waals surface area contributed by atoms with Crippen molar-refractivity contribution >= 4 is 17.3 Å². The average molecular weight is 1010 g/mol. The number of rotatable bonds is 9. The summed E-state index contributed by atoms with van der Waals surface area (Å²) in [5.74, 6) is 2.25. The third-order valence-corrected chi connectivity index (χ3v) is 24.4. The van der Waals surface area contributed by atoms with E-state index >= 15 is 9.59 Å². The molecule has 8 fully saturated rings. The zero-order valence-corrected chi connectivity index (χ0v) is 45.8. The molecule has 2 saturated heterocycles. The Labute approximate surface area is 442 Å². The molecule has 0 unspecified atom stereocenters. The molecule has 2 aromatic carbocycles. The summed E-state index contributed by atoms with van der Waals surface area (Å²) < 4.78 is 6.82. The lowest BCUT2D eigenvalue weighted by molar-refractivity contribution is -0.240. The van der Waals surface area contributed by atoms with Crippen LogP contribution in [0.3, 0.4) is 0 Å². The first-order valence-electron chi connectivity index (χ1n) is 29.9. The number of ketones is 2. The van der Waals surface area contributed by atoms with Crippen LogP contribution in [-0.2, 0) is 20.9 Å². The Kier molecular flexibility index (Phi) is 12.9. The number of ether oxygens (including phenoxy) is 1. The maximum Gasteiger partial charge on any atom is 0.163 e. The molecule has 10 aliphatic rings. The van der Waals surface area contributed by atoms with Gasteiger partial charge in [-0.3, -0.25) is 9.59 Å². The molecule has 5 bridgehead atoms. The number of phenols is 1. The van der Waals surface area contributed by atoms with Crippen LogP contribution in [0.5, 0.6) is 5.75 Å². The molecule has 10 heteroatoms. The second-order valence-electron chi connectivity index (χ2n) is 28.1. The number of nitrogens with two attached hydrogens (primary N) is 1. The molecule has 10 nitrogen and oxygen atoms in total. The van der Waals surface area contributed by atoms with Gasteiger partial charge in [-0.2, -0.15) is 0 Å². The molecule has 74 heavy (non-hydrogen) atoms. The average Bonchev–Trinajstić information content (AvgIpc) is 3.74. The molecule has 2 aliphatic heterocycles. The van der Waals surface area contributed by atoms with E-state index in [1.54, 1.807) is 0 Å². The van der Waals surface area contributed by atoms with Crippen LogP contribution in [0.4, 0.5) is 5.69 Å². The number of phenolic OH excluding ortho intramolecular Hbond substituents is 1. The quantitative estimate of drug-likeness (QED) is 0.0945. The van der Waals surface area contributed by atoms with Gasteiger partial charge in [-0.25, -0.2) is 0 Å². The van der Waals surface area contributed by atoms with Crippen LogP contribution in [0.2, 0.25) is 0 Å². The molecule has 404 valence electrons. The molecule has 8 N–H and O–H groups in total. The SMILES string of the molecule is CNCc1cc(O)cc([C@H]2C[C@@]3(C)[C@H]4CCC5=C6C(=O)[C@@H]7CC[C@H](CC[C@H]8CC[C@H](CO)C[C@@H]8[C@@H]6C[C@@H](O)[C@H]6O[C@]6(C)[C@@H]6CCC[C@H]6c6cccc(N)c6)[C@@]4(C[C@@H]4NC[C@](C)(O)CCCC[C@@](C)(C2=O)[C@H]43)[C@]57C)c1. The number of nitrogens with one attached hydrogen (secondary N) is 2. The number of Topliss-reactive ketones (excluding diaryl/α,β-unsaturated/α-hetero) is 2. The summed E-state index contributed by atoms with van der Waals surface area (Å²) >= 11 is 0. The Morgan fingerprint density at radius 3 is 2.46 bits per heavy atom. The highest BCUT2D eigenvalue weighted by Gasteiger charge is 2.78. The van der Waals surface area contributed by atoms with Crippen LogP contribution in [-0.4, -0.2) is 81.6 Å². The van der Waals surface area contributed by atoms with Gasteiger partial charge in [0.15, 0.2) is 5.78 Å². The van der Waals surface area contributed by atoms with Gasteiger partial charge in [0, 0.05) is 54.1 Å². The lowest BCUT2D eigenvalue weighted by atomic mass is 9.29. The fraction of sp³-hybridized carbons (Fsp3) is 0.750. The normalized spacial score (nSPS) is 47.1. The molecule has 12 rings (SSSR count). The first-order valence-corrected chi connectivity index (χ1v) is 29.9. The molecule has 6 saturated carbocycles. The van der Waals surface area contributed by atoms with Gasteiger partial charge in [-0.1, -0.05) is 63.8 Å². The number of aliphatic hydroxyl groups excluding tert-OH is 2. The van der Waals surface area contributed by atoms with Crippen molar-refractivity contribution in [1.82, 2.24) is 10.6 Å². The first kappa shape index (κ1) is 51.6. The minimum Gasteiger partial charge on any atom is -0.508 e. The van der Waals surface area contributed by atoms with Gasteiger partial charge >= 0.3 is 0 Å². The maximum atomic E-state index is 16.3. The summed E-state index contributed by atoms with van der Waals surface area (Å²) in [6.07, 6.45) is 16.3. The maximum absolute atomic E-state index is 16.3. The summed E-state index contributed by atoms with van der Waals surface area (Å²) in [6, 6.07) is 14.2. The Morgan fingerprint density at radius 1 is 0.892 bits per heavy atom. The lowest BCUT2D eigenvalue weighted by Gasteiger charge is -2.75. The van der Waals surface area contributed by atoms with Crippen LogP contribution in [0.25, 0.3) is 0 Å². The highest BCUT2D eigenvalue weighted by Crippen LogP contribution is 2.81. The van der Waals surface area contributed by atoms with Gasteiger partial charge in [0.1, 0.15) is 17.6 Å². The zero-order valence-electron chi connectivity index (χ0n) is 45.8. The second-order valence-corrected chi connectivity index (χ2v) is 28.1. The van der Waals surface area contributed by atoms with Gasteiger partial charge in [0.25, 0.3) is 0 Å². The molecule has 2 aromatic rings. The number of aliphatic hydroxyl groups is 3. The Hall–Kier alpha value is -3.12. The Morgan fingerprint density at radius 2 is 1.68 bits per heavy atom. The van der Waals surface area contributed by atoms with Crippen LogP contribution in [0.15, 0.2) is 53.6 Å². The van der Waals surface area contributed by atoms with E-state index < -0.39 is 28.1 Å². The van der Waals surface area contributed by atoms with Gasteiger partial charge < -0.3 is 41.5 Å². The molecule has 8 aliphatic carbocycles. The lowest BCUT2D eigenvalue weighted by Crippen LogP contribution is -2.74. The number of epoxide rings is 1. The molecule has 20 atom stereocenters. The number of hydrogen-bond acceptors (Lipinski definition) is 10. The number of aromatic hydroxyl groups is 1. The number of carbonyl (C=O) groups excluding carboxylic acids is 2. The standard InChI is InChI=1S/C64H91N3O7/c1-59(73)23-7-8-24-60(2)56-51(67-35-59)32-64-41-18-17-38-16-15-36(34-68)27-45(38)46(30-52(70)58-63(5,74-58)48-14-10-13-44(48)39-11-9-12-42(65)28-39)54-49(62(64,4)50(20-19-41)55(54)71)21-22-53(64)61(56,3)31-47(57(60)72)40-25-37(33-66-6)26-43(69)29-40/h9,11-12,25-26,28-29,36,38,41,44-48,50-53,56,58,66-70,73H,7-8,10,13-24,27,30-35,65H2,1-6H3/t36-,38+,41-,44-,45-,46-,47+,48+,50-,51-,52+,53+,56-,58+,59+,60+,61-,62+,63+,64+/m0/s1. The van der Waals surface area contributed by atoms with Crippen LogP contribution >= 0.6 is 0 Å². The molecule has 0 amide bonds. The number of anilines is 1. The van der Waals surface area contributed by atoms with Crippen molar-refractivity contribution in [3.05, 3.63) is 70.3 Å². The van der Waals surface area contributed by atoms with Crippen molar-refractivity contribution in [2.24, 2.45) is 74.9 Å². The topological polar surface area (TPSA) is 178 Å². The second kappa shape index (κ2) is 18.5. The number of β-amino-alcohol motifs (C(OH)–C–C–N with tert-alkyl or cyclic N) is 1. The van der Waals surface area contributed by atoms with Crippen molar-refractivity contribution in [1.29, 1.82) is 0 Å². The molecule has 2 heterocycles. The highest BCUT2D eigenvalue weighted by molar-refractivity contribution is 6.03. The van der Waals surface area contributed by atoms with Crippen molar-refractivity contribution in [3.8, 4) is 5.75 Å². The van der Waals surface area contributed by atoms with Crippen molar-refractivity contribution in [2.45, 2.75) is 204 Å². The monoisotopic (exact) mass is 1010 g/mol. The van der Waals surface area contributed by atoms with E-state index in [9.17, 15) is 20.4 Å². The van der Waals surface area contributed by atoms with Gasteiger partial charge in [-0.15, -0.1) is 0 Å². The zero-order chi connectivity index (χ0) is 51.9. The van der Waals surface area contributed by atoms with E-state index in [2.05, 4.69) is 62.6 Å². The number of allylic oxidation sites excluding steroid dienone is 2. The smallest absolute Gasteiger partial charge is 0.163 e. The van der Waals surface area contributed by atoms with Crippen molar-refractivity contribution in [2.75, 3.05) is 25.9 Å². The van der Waals surface area contributed by atoms with E-state index in [1.807, 2.05) is 32.2 Å². The molecular weight excluding hydrogens is 923 g/mol. The summed E-state index contributed by atoms with van der Waals surface area (Å²) in [7, 11) is 1.92. The summed E-state index contributed by atoms with van der Waals surface area (Å²) in [5.41, 5.74) is 9.79. The first-order chi connectivity index (χ1) is 35.3. The predicted octanol–water partition coefficient (Wildman–Crippen LogP) is 10.3. The van der Waals surface area contributed by atoms with E-state index in [0.29, 0.717) is 61.7 Å². The largest absolute Gasteiger partial charge is 0.508 e. The summed E-state index contributed by atoms with van der Waals surface area (Å²) in [5, 5.41) is 54.5. The van der Waals surface area contributed by atoms with Crippen molar-refractivity contribution < 1.29 is 34.8 Å². The van der Waals surface area contributed by atoms with Crippen molar-refractivity contribution in [3.63, 3.8) is 0 Å². The summed E-state index contributed by atoms with van der Waals surface area (Å²) in [4.78, 5) is 32.1.